The summed E-state index contributed by atoms with van der Waals surface area (Å²) in [4.78, 5) is 16.6. The minimum Gasteiger partial charge on any atom is -0.486 e. The van der Waals surface area contributed by atoms with Crippen LogP contribution < -0.4 is 10.1 Å². The summed E-state index contributed by atoms with van der Waals surface area (Å²) in [5.41, 5.74) is 2.36. The molecule has 1 amide bonds. The van der Waals surface area contributed by atoms with Gasteiger partial charge in [-0.2, -0.15) is 0 Å². The Morgan fingerprint density at radius 1 is 1.17 bits per heavy atom. The quantitative estimate of drug-likeness (QED) is 0.486. The Morgan fingerprint density at radius 3 is 2.80 bits per heavy atom. The van der Waals surface area contributed by atoms with Gasteiger partial charge in [0.2, 0.25) is 0 Å². The molecule has 0 spiro atoms. The number of ether oxygens (including phenoxy) is 1. The molecule has 0 radical (unpaired) electrons. The number of aromatic nitrogens is 6. The summed E-state index contributed by atoms with van der Waals surface area (Å²) in [7, 11) is 0. The van der Waals surface area contributed by atoms with Crippen molar-refractivity contribution in [3.63, 3.8) is 0 Å². The maximum Gasteiger partial charge on any atom is 0.255 e. The molecule has 0 atom stereocenters. The van der Waals surface area contributed by atoms with Gasteiger partial charge in [-0.15, -0.1) is 5.10 Å². The van der Waals surface area contributed by atoms with Gasteiger partial charge in [-0.25, -0.2) is 9.67 Å². The second-order valence-electron chi connectivity index (χ2n) is 6.61. The highest BCUT2D eigenvalue weighted by Crippen LogP contribution is 2.17. The highest BCUT2D eigenvalue weighted by Gasteiger charge is 2.09. The zero-order chi connectivity index (χ0) is 20.8. The van der Waals surface area contributed by atoms with Crippen LogP contribution in [0.15, 0.2) is 67.3 Å². The van der Waals surface area contributed by atoms with Gasteiger partial charge in [-0.3, -0.25) is 4.79 Å². The third-order valence-electron chi connectivity index (χ3n) is 4.50. The van der Waals surface area contributed by atoms with Crippen molar-refractivity contribution in [2.45, 2.75) is 26.6 Å². The first kappa shape index (κ1) is 19.3. The van der Waals surface area contributed by atoms with Crippen LogP contribution in [0.2, 0.25) is 0 Å². The molecular weight excluding hydrogens is 382 g/mol. The Hall–Kier alpha value is -4.01. The number of tetrazole rings is 1. The second-order valence-corrected chi connectivity index (χ2v) is 6.61. The van der Waals surface area contributed by atoms with Crippen molar-refractivity contribution in [3.05, 3.63) is 84.2 Å². The fourth-order valence-corrected chi connectivity index (χ4v) is 2.96. The van der Waals surface area contributed by atoms with E-state index in [0.29, 0.717) is 30.2 Å². The fraction of sp³-hybridized carbons (Fsp3) is 0.190. The Bertz CT molecular complexity index is 1100. The van der Waals surface area contributed by atoms with E-state index >= 15 is 0 Å². The van der Waals surface area contributed by atoms with Crippen LogP contribution in [-0.2, 0) is 19.7 Å². The van der Waals surface area contributed by atoms with Crippen molar-refractivity contribution in [3.8, 4) is 5.75 Å². The molecule has 4 aromatic rings. The number of hydrogen-bond acceptors (Lipinski definition) is 6. The lowest BCUT2D eigenvalue weighted by Gasteiger charge is -2.09. The first-order valence-corrected chi connectivity index (χ1v) is 9.55. The summed E-state index contributed by atoms with van der Waals surface area (Å²) in [5.74, 6) is 1.10. The SMILES string of the molecule is CCn1nnnc1COc1ccc(C(=O)Nc2cccc(Cn3ccnc3)c2)cc1. The van der Waals surface area contributed by atoms with E-state index in [2.05, 4.69) is 25.8 Å². The predicted molar refractivity (Wildman–Crippen MR) is 110 cm³/mol. The highest BCUT2D eigenvalue weighted by molar-refractivity contribution is 6.04. The number of imidazole rings is 1. The summed E-state index contributed by atoms with van der Waals surface area (Å²) >= 11 is 0. The lowest BCUT2D eigenvalue weighted by Crippen LogP contribution is -2.12. The Kier molecular flexibility index (Phi) is 5.79. The molecule has 152 valence electrons. The molecule has 2 aromatic carbocycles. The van der Waals surface area contributed by atoms with Crippen LogP contribution in [0.1, 0.15) is 28.7 Å². The lowest BCUT2D eigenvalue weighted by atomic mass is 10.1. The Balaban J connectivity index is 1.36. The molecule has 0 saturated carbocycles. The molecule has 9 heteroatoms. The van der Waals surface area contributed by atoms with E-state index in [1.54, 1.807) is 41.5 Å². The summed E-state index contributed by atoms with van der Waals surface area (Å²) < 4.78 is 9.35. The van der Waals surface area contributed by atoms with Gasteiger partial charge in [-0.05, 0) is 59.3 Å². The first-order valence-electron chi connectivity index (χ1n) is 9.55. The molecule has 0 aliphatic heterocycles. The van der Waals surface area contributed by atoms with Crippen molar-refractivity contribution >= 4 is 11.6 Å². The molecule has 0 unspecified atom stereocenters. The van der Waals surface area contributed by atoms with Gasteiger partial charge in [-0.1, -0.05) is 12.1 Å². The van der Waals surface area contributed by atoms with Gasteiger partial charge in [0.05, 0.1) is 6.33 Å². The van der Waals surface area contributed by atoms with Crippen LogP contribution in [0.25, 0.3) is 0 Å². The lowest BCUT2D eigenvalue weighted by molar-refractivity contribution is 0.102. The van der Waals surface area contributed by atoms with Crippen molar-refractivity contribution in [2.75, 3.05) is 5.32 Å². The fourth-order valence-electron chi connectivity index (χ4n) is 2.96. The molecule has 30 heavy (non-hydrogen) atoms. The third-order valence-corrected chi connectivity index (χ3v) is 4.50. The molecule has 0 aliphatic rings. The number of hydrogen-bond donors (Lipinski definition) is 1. The summed E-state index contributed by atoms with van der Waals surface area (Å²) in [6.07, 6.45) is 5.40. The van der Waals surface area contributed by atoms with E-state index in [9.17, 15) is 4.79 Å². The average molecular weight is 403 g/mol. The van der Waals surface area contributed by atoms with E-state index in [0.717, 1.165) is 11.3 Å². The first-order chi connectivity index (χ1) is 14.7. The number of aryl methyl sites for hydroxylation is 1. The zero-order valence-corrected chi connectivity index (χ0v) is 16.5. The van der Waals surface area contributed by atoms with Crippen LogP contribution >= 0.6 is 0 Å². The molecular formula is C21H21N7O2. The van der Waals surface area contributed by atoms with Crippen molar-refractivity contribution in [1.29, 1.82) is 0 Å². The second kappa shape index (κ2) is 8.99. The van der Waals surface area contributed by atoms with E-state index in [1.807, 2.05) is 42.0 Å². The minimum absolute atomic E-state index is 0.184. The maximum absolute atomic E-state index is 12.6. The van der Waals surface area contributed by atoms with Crippen LogP contribution in [-0.4, -0.2) is 35.7 Å². The largest absolute Gasteiger partial charge is 0.486 e. The van der Waals surface area contributed by atoms with Gasteiger partial charge in [0, 0.05) is 36.7 Å². The zero-order valence-electron chi connectivity index (χ0n) is 16.5. The van der Waals surface area contributed by atoms with E-state index in [-0.39, 0.29) is 12.5 Å². The molecule has 2 aromatic heterocycles. The molecule has 2 heterocycles. The molecule has 0 saturated heterocycles. The molecule has 0 fully saturated rings. The topological polar surface area (TPSA) is 99.8 Å². The number of anilines is 1. The number of rotatable bonds is 8. The summed E-state index contributed by atoms with van der Waals surface area (Å²) in [6, 6.07) is 14.7. The average Bonchev–Trinajstić information content (AvgIpc) is 3.44. The highest BCUT2D eigenvalue weighted by atomic mass is 16.5. The number of carbonyl (C=O) groups excluding carboxylic acids is 1. The van der Waals surface area contributed by atoms with E-state index in [4.69, 9.17) is 4.74 Å². The standard InChI is InChI=1S/C21H21N7O2/c1-2-28-20(24-25-26-28)14-30-19-8-6-17(7-9-19)21(29)23-18-5-3-4-16(12-18)13-27-11-10-22-15-27/h3-12,15H,2,13-14H2,1H3,(H,23,29). The molecule has 1 N–H and O–H groups in total. The van der Waals surface area contributed by atoms with Crippen LogP contribution in [0.5, 0.6) is 5.75 Å². The van der Waals surface area contributed by atoms with Crippen LogP contribution in [0.3, 0.4) is 0 Å². The number of benzene rings is 2. The third kappa shape index (κ3) is 4.69. The van der Waals surface area contributed by atoms with Crippen molar-refractivity contribution in [1.82, 2.24) is 29.8 Å². The number of carbonyl (C=O) groups is 1. The van der Waals surface area contributed by atoms with Gasteiger partial charge in [0.1, 0.15) is 12.4 Å². The molecule has 0 aliphatic carbocycles. The normalized spacial score (nSPS) is 10.7. The van der Waals surface area contributed by atoms with Crippen molar-refractivity contribution in [2.24, 2.45) is 0 Å². The van der Waals surface area contributed by atoms with Gasteiger partial charge < -0.3 is 14.6 Å². The molecule has 0 bridgehead atoms. The monoisotopic (exact) mass is 403 g/mol. The maximum atomic E-state index is 12.6. The van der Waals surface area contributed by atoms with E-state index < -0.39 is 0 Å². The van der Waals surface area contributed by atoms with Gasteiger partial charge in [0.25, 0.3) is 5.91 Å². The predicted octanol–water partition coefficient (Wildman–Crippen LogP) is 2.77. The van der Waals surface area contributed by atoms with Gasteiger partial charge >= 0.3 is 0 Å². The Morgan fingerprint density at radius 2 is 2.03 bits per heavy atom. The number of nitrogens with one attached hydrogen (secondary N) is 1. The van der Waals surface area contributed by atoms with Crippen molar-refractivity contribution < 1.29 is 9.53 Å². The molecule has 4 rings (SSSR count). The smallest absolute Gasteiger partial charge is 0.255 e. The van der Waals surface area contributed by atoms with E-state index in [1.165, 1.54) is 0 Å². The summed E-state index contributed by atoms with van der Waals surface area (Å²) in [5, 5.41) is 14.4. The minimum atomic E-state index is -0.184. The Labute approximate surface area is 173 Å². The number of amides is 1. The summed E-state index contributed by atoms with van der Waals surface area (Å²) in [6.45, 7) is 3.59. The number of nitrogens with zero attached hydrogens (tertiary/aromatic N) is 6. The molecule has 9 nitrogen and oxygen atoms in total. The van der Waals surface area contributed by atoms with Crippen LogP contribution in [0.4, 0.5) is 5.69 Å². The van der Waals surface area contributed by atoms with Gasteiger partial charge in [0.15, 0.2) is 5.82 Å². The van der Waals surface area contributed by atoms with Crippen LogP contribution in [0, 0.1) is 0 Å².